The van der Waals surface area contributed by atoms with Crippen LogP contribution in [0.3, 0.4) is 0 Å². The van der Waals surface area contributed by atoms with Crippen LogP contribution in [0.1, 0.15) is 35.7 Å². The predicted molar refractivity (Wildman–Crippen MR) is 67.3 cm³/mol. The number of hydrogen-bond donors (Lipinski definition) is 1. The second-order valence-corrected chi connectivity index (χ2v) is 4.78. The maximum atomic E-state index is 14.4. The van der Waals surface area contributed by atoms with E-state index >= 15 is 0 Å². The van der Waals surface area contributed by atoms with Gasteiger partial charge in [-0.3, -0.25) is 0 Å². The SMILES string of the molecule is COc1cc(C)c(C(F)C2CCCN2)cc1C. The Labute approximate surface area is 102 Å². The third kappa shape index (κ3) is 2.44. The van der Waals surface area contributed by atoms with Crippen LogP contribution in [0, 0.1) is 13.8 Å². The van der Waals surface area contributed by atoms with Gasteiger partial charge >= 0.3 is 0 Å². The average molecular weight is 237 g/mol. The molecule has 0 amide bonds. The van der Waals surface area contributed by atoms with Crippen molar-refractivity contribution in [2.75, 3.05) is 13.7 Å². The molecule has 94 valence electrons. The first-order valence-electron chi connectivity index (χ1n) is 6.16. The lowest BCUT2D eigenvalue weighted by atomic mass is 9.96. The molecule has 2 nitrogen and oxygen atoms in total. The summed E-state index contributed by atoms with van der Waals surface area (Å²) in [5, 5.41) is 3.22. The first-order valence-corrected chi connectivity index (χ1v) is 6.16. The molecule has 0 spiro atoms. The highest BCUT2D eigenvalue weighted by molar-refractivity contribution is 5.42. The fourth-order valence-corrected chi connectivity index (χ4v) is 2.51. The van der Waals surface area contributed by atoms with Crippen LogP contribution in [0.4, 0.5) is 4.39 Å². The zero-order chi connectivity index (χ0) is 12.4. The van der Waals surface area contributed by atoms with Crippen LogP contribution in [-0.2, 0) is 0 Å². The van der Waals surface area contributed by atoms with Crippen LogP contribution in [-0.4, -0.2) is 19.7 Å². The van der Waals surface area contributed by atoms with Gasteiger partial charge in [-0.05, 0) is 62.1 Å². The Kier molecular flexibility index (Phi) is 3.67. The number of methoxy groups -OCH3 is 1. The molecule has 1 aromatic rings. The first-order chi connectivity index (χ1) is 8.13. The van der Waals surface area contributed by atoms with E-state index in [0.717, 1.165) is 41.8 Å². The van der Waals surface area contributed by atoms with Gasteiger partial charge in [-0.2, -0.15) is 0 Å². The van der Waals surface area contributed by atoms with E-state index in [9.17, 15) is 4.39 Å². The van der Waals surface area contributed by atoms with Gasteiger partial charge in [0.2, 0.25) is 0 Å². The summed E-state index contributed by atoms with van der Waals surface area (Å²) >= 11 is 0. The van der Waals surface area contributed by atoms with E-state index < -0.39 is 6.17 Å². The van der Waals surface area contributed by atoms with Crippen molar-refractivity contribution in [2.24, 2.45) is 0 Å². The highest BCUT2D eigenvalue weighted by Crippen LogP contribution is 2.32. The average Bonchev–Trinajstić information content (AvgIpc) is 2.84. The number of rotatable bonds is 3. The van der Waals surface area contributed by atoms with E-state index in [1.54, 1.807) is 7.11 Å². The summed E-state index contributed by atoms with van der Waals surface area (Å²) in [6.45, 7) is 4.83. The standard InChI is InChI=1S/C14H20FNO/c1-9-8-13(17-3)10(2)7-11(9)14(15)12-5-4-6-16-12/h7-8,12,14,16H,4-6H2,1-3H3. The van der Waals surface area contributed by atoms with E-state index in [2.05, 4.69) is 5.32 Å². The molecule has 2 rings (SSSR count). The van der Waals surface area contributed by atoms with Gasteiger partial charge in [0.05, 0.1) is 7.11 Å². The Morgan fingerprint density at radius 1 is 1.35 bits per heavy atom. The topological polar surface area (TPSA) is 21.3 Å². The summed E-state index contributed by atoms with van der Waals surface area (Å²) < 4.78 is 19.7. The molecule has 0 saturated carbocycles. The van der Waals surface area contributed by atoms with Crippen LogP contribution in [0.5, 0.6) is 5.75 Å². The third-order valence-electron chi connectivity index (χ3n) is 3.53. The van der Waals surface area contributed by atoms with Gasteiger partial charge in [0.1, 0.15) is 11.9 Å². The normalized spacial score (nSPS) is 21.5. The monoisotopic (exact) mass is 237 g/mol. The molecule has 1 aliphatic heterocycles. The van der Waals surface area contributed by atoms with E-state index in [-0.39, 0.29) is 6.04 Å². The summed E-state index contributed by atoms with van der Waals surface area (Å²) in [6, 6.07) is 3.81. The minimum atomic E-state index is -0.915. The quantitative estimate of drug-likeness (QED) is 0.872. The number of ether oxygens (including phenoxy) is 1. The third-order valence-corrected chi connectivity index (χ3v) is 3.53. The molecule has 17 heavy (non-hydrogen) atoms. The molecule has 0 radical (unpaired) electrons. The molecule has 1 fully saturated rings. The van der Waals surface area contributed by atoms with E-state index in [4.69, 9.17) is 4.74 Å². The second kappa shape index (κ2) is 5.05. The number of benzene rings is 1. The van der Waals surface area contributed by atoms with Gasteiger partial charge in [-0.1, -0.05) is 0 Å². The number of halogens is 1. The fourth-order valence-electron chi connectivity index (χ4n) is 2.51. The molecule has 0 bridgehead atoms. The summed E-state index contributed by atoms with van der Waals surface area (Å²) in [6.07, 6.45) is 1.08. The highest BCUT2D eigenvalue weighted by Gasteiger charge is 2.27. The van der Waals surface area contributed by atoms with Crippen LogP contribution >= 0.6 is 0 Å². The van der Waals surface area contributed by atoms with Crippen LogP contribution in [0.25, 0.3) is 0 Å². The lowest BCUT2D eigenvalue weighted by molar-refractivity contribution is 0.270. The van der Waals surface area contributed by atoms with Crippen molar-refractivity contribution >= 4 is 0 Å². The Hall–Kier alpha value is -1.09. The van der Waals surface area contributed by atoms with Gasteiger partial charge in [0, 0.05) is 6.04 Å². The Balaban J connectivity index is 2.28. The van der Waals surface area contributed by atoms with E-state index in [1.165, 1.54) is 0 Å². The lowest BCUT2D eigenvalue weighted by Crippen LogP contribution is -2.27. The van der Waals surface area contributed by atoms with Crippen LogP contribution in [0.2, 0.25) is 0 Å². The van der Waals surface area contributed by atoms with Crippen molar-refractivity contribution in [1.82, 2.24) is 5.32 Å². The van der Waals surface area contributed by atoms with Gasteiger partial charge < -0.3 is 10.1 Å². The molecular weight excluding hydrogens is 217 g/mol. The maximum absolute atomic E-state index is 14.4. The summed E-state index contributed by atoms with van der Waals surface area (Å²) in [4.78, 5) is 0. The molecule has 0 aromatic heterocycles. The fraction of sp³-hybridized carbons (Fsp3) is 0.571. The molecule has 2 atom stereocenters. The van der Waals surface area contributed by atoms with Crippen molar-refractivity contribution in [1.29, 1.82) is 0 Å². The molecule has 3 heteroatoms. The van der Waals surface area contributed by atoms with Crippen molar-refractivity contribution in [3.8, 4) is 5.75 Å². The summed E-state index contributed by atoms with van der Waals surface area (Å²) in [5.41, 5.74) is 2.75. The van der Waals surface area contributed by atoms with Gasteiger partial charge in [-0.15, -0.1) is 0 Å². The van der Waals surface area contributed by atoms with Crippen molar-refractivity contribution < 1.29 is 9.13 Å². The smallest absolute Gasteiger partial charge is 0.141 e. The van der Waals surface area contributed by atoms with Crippen molar-refractivity contribution in [3.05, 3.63) is 28.8 Å². The van der Waals surface area contributed by atoms with Gasteiger partial charge in [0.25, 0.3) is 0 Å². The molecule has 1 N–H and O–H groups in total. The van der Waals surface area contributed by atoms with E-state index in [0.29, 0.717) is 0 Å². The minimum absolute atomic E-state index is 0.0264. The van der Waals surface area contributed by atoms with Crippen LogP contribution < -0.4 is 10.1 Å². The maximum Gasteiger partial charge on any atom is 0.141 e. The zero-order valence-electron chi connectivity index (χ0n) is 10.7. The molecule has 2 unspecified atom stereocenters. The molecule has 1 aliphatic rings. The largest absolute Gasteiger partial charge is 0.496 e. The molecule has 1 heterocycles. The zero-order valence-corrected chi connectivity index (χ0v) is 10.7. The Morgan fingerprint density at radius 2 is 2.12 bits per heavy atom. The number of nitrogens with one attached hydrogen (secondary N) is 1. The number of aryl methyl sites for hydroxylation is 2. The first kappa shape index (κ1) is 12.4. The second-order valence-electron chi connectivity index (χ2n) is 4.78. The van der Waals surface area contributed by atoms with Gasteiger partial charge in [0.15, 0.2) is 0 Å². The summed E-state index contributed by atoms with van der Waals surface area (Å²) in [7, 11) is 1.65. The minimum Gasteiger partial charge on any atom is -0.496 e. The number of hydrogen-bond acceptors (Lipinski definition) is 2. The Bertz CT molecular complexity index is 399. The van der Waals surface area contributed by atoms with Gasteiger partial charge in [-0.25, -0.2) is 4.39 Å². The van der Waals surface area contributed by atoms with E-state index in [1.807, 2.05) is 26.0 Å². The molecule has 1 saturated heterocycles. The Morgan fingerprint density at radius 3 is 2.71 bits per heavy atom. The number of alkyl halides is 1. The molecular formula is C14H20FNO. The molecule has 1 aromatic carbocycles. The van der Waals surface area contributed by atoms with Crippen LogP contribution in [0.15, 0.2) is 12.1 Å². The van der Waals surface area contributed by atoms with Crippen molar-refractivity contribution in [2.45, 2.75) is 38.9 Å². The van der Waals surface area contributed by atoms with Crippen molar-refractivity contribution in [3.63, 3.8) is 0 Å². The predicted octanol–water partition coefficient (Wildman–Crippen LogP) is 3.07. The summed E-state index contributed by atoms with van der Waals surface area (Å²) in [5.74, 6) is 0.831. The molecule has 0 aliphatic carbocycles. The highest BCUT2D eigenvalue weighted by atomic mass is 19.1. The lowest BCUT2D eigenvalue weighted by Gasteiger charge is -2.19.